The second kappa shape index (κ2) is 3.19. The monoisotopic (exact) mass is 206 g/mol. The van der Waals surface area contributed by atoms with Crippen LogP contribution in [0, 0.1) is 4.64 Å². The highest BCUT2D eigenvalue weighted by Gasteiger charge is 2.05. The van der Waals surface area contributed by atoms with Crippen molar-refractivity contribution in [2.24, 2.45) is 0 Å². The minimum atomic E-state index is -1.07. The van der Waals surface area contributed by atoms with Crippen LogP contribution in [0.3, 0.4) is 0 Å². The number of nitrogens with zero attached hydrogens (tertiary/aromatic N) is 2. The second-order valence-electron chi connectivity index (χ2n) is 2.71. The van der Waals surface area contributed by atoms with E-state index >= 15 is 0 Å². The van der Waals surface area contributed by atoms with Crippen molar-refractivity contribution >= 4 is 23.8 Å². The maximum atomic E-state index is 10.7. The molecule has 14 heavy (non-hydrogen) atoms. The Morgan fingerprint density at radius 1 is 1.50 bits per heavy atom. The largest absolute Gasteiger partial charge is 0.477 e. The van der Waals surface area contributed by atoms with Gasteiger partial charge in [0.25, 0.3) is 0 Å². The third-order valence-electron chi connectivity index (χ3n) is 1.79. The quantitative estimate of drug-likeness (QED) is 0.722. The summed E-state index contributed by atoms with van der Waals surface area (Å²) in [4.78, 5) is 14.6. The molecule has 1 N–H and O–H groups in total. The van der Waals surface area contributed by atoms with Crippen molar-refractivity contribution in [3.05, 3.63) is 40.8 Å². The van der Waals surface area contributed by atoms with Crippen molar-refractivity contribution in [2.75, 3.05) is 0 Å². The van der Waals surface area contributed by atoms with Crippen LogP contribution in [0.5, 0.6) is 0 Å². The summed E-state index contributed by atoms with van der Waals surface area (Å²) in [6, 6.07) is 6.67. The Bertz CT molecular complexity index is 562. The minimum Gasteiger partial charge on any atom is -0.477 e. The Hall–Kier alpha value is -1.75. The van der Waals surface area contributed by atoms with Gasteiger partial charge in [0, 0.05) is 12.3 Å². The molecule has 70 valence electrons. The molecule has 0 bridgehead atoms. The highest BCUT2D eigenvalue weighted by atomic mass is 32.1. The first-order valence-corrected chi connectivity index (χ1v) is 4.31. The van der Waals surface area contributed by atoms with Gasteiger partial charge in [0.05, 0.1) is 0 Å². The van der Waals surface area contributed by atoms with Gasteiger partial charge in [-0.1, -0.05) is 18.3 Å². The molecule has 0 fully saturated rings. The lowest BCUT2D eigenvalue weighted by Crippen LogP contribution is -2.03. The fraction of sp³-hybridized carbons (Fsp3) is 0. The molecule has 2 heterocycles. The predicted octanol–water partition coefficient (Wildman–Crippen LogP) is 1.76. The van der Waals surface area contributed by atoms with Crippen molar-refractivity contribution < 1.29 is 9.90 Å². The minimum absolute atomic E-state index is 0.0267. The zero-order valence-corrected chi connectivity index (χ0v) is 7.86. The first-order chi connectivity index (χ1) is 6.68. The third kappa shape index (κ3) is 1.38. The molecule has 5 heteroatoms. The molecule has 0 saturated heterocycles. The van der Waals surface area contributed by atoms with Crippen LogP contribution in [-0.2, 0) is 0 Å². The number of rotatable bonds is 1. The van der Waals surface area contributed by atoms with Crippen LogP contribution in [0.1, 0.15) is 10.5 Å². The summed E-state index contributed by atoms with van der Waals surface area (Å²) in [7, 11) is 0. The highest BCUT2D eigenvalue weighted by Crippen LogP contribution is 2.04. The molecule has 2 rings (SSSR count). The summed E-state index contributed by atoms with van der Waals surface area (Å²) in [5.41, 5.74) is 0.513. The highest BCUT2D eigenvalue weighted by molar-refractivity contribution is 7.71. The molecular formula is C9H6N2O2S. The first-order valence-electron chi connectivity index (χ1n) is 3.90. The molecular weight excluding hydrogens is 200 g/mol. The zero-order chi connectivity index (χ0) is 10.1. The van der Waals surface area contributed by atoms with Crippen molar-refractivity contribution in [1.29, 1.82) is 0 Å². The van der Waals surface area contributed by atoms with E-state index in [1.807, 2.05) is 6.07 Å². The maximum absolute atomic E-state index is 10.7. The van der Waals surface area contributed by atoms with E-state index in [0.29, 0.717) is 10.3 Å². The Morgan fingerprint density at radius 3 is 3.00 bits per heavy atom. The van der Waals surface area contributed by atoms with Gasteiger partial charge in [0.1, 0.15) is 10.3 Å². The van der Waals surface area contributed by atoms with Gasteiger partial charge in [0.15, 0.2) is 5.69 Å². The molecule has 0 aliphatic rings. The predicted molar refractivity (Wildman–Crippen MR) is 53.0 cm³/mol. The van der Waals surface area contributed by atoms with E-state index in [1.165, 1.54) is 6.07 Å². The van der Waals surface area contributed by atoms with E-state index in [4.69, 9.17) is 17.3 Å². The van der Waals surface area contributed by atoms with Crippen molar-refractivity contribution in [1.82, 2.24) is 9.38 Å². The SMILES string of the molecule is O=C(O)c1cc(=S)n2ccccc2n1. The molecule has 0 amide bonds. The summed E-state index contributed by atoms with van der Waals surface area (Å²) in [5.74, 6) is -1.07. The number of hydrogen-bond donors (Lipinski definition) is 1. The van der Waals surface area contributed by atoms with Crippen molar-refractivity contribution in [3.63, 3.8) is 0 Å². The van der Waals surface area contributed by atoms with E-state index in [-0.39, 0.29) is 5.69 Å². The number of carbonyl (C=O) groups is 1. The lowest BCUT2D eigenvalue weighted by atomic mass is 10.4. The Balaban J connectivity index is 2.86. The van der Waals surface area contributed by atoms with Crippen LogP contribution in [0.25, 0.3) is 5.65 Å². The molecule has 2 aromatic rings. The van der Waals surface area contributed by atoms with Gasteiger partial charge in [-0.3, -0.25) is 4.40 Å². The Labute approximate surface area is 84.5 Å². The second-order valence-corrected chi connectivity index (χ2v) is 3.13. The molecule has 2 aromatic heterocycles. The van der Waals surface area contributed by atoms with Gasteiger partial charge >= 0.3 is 5.97 Å². The van der Waals surface area contributed by atoms with Gasteiger partial charge in [-0.15, -0.1) is 0 Å². The van der Waals surface area contributed by atoms with Gasteiger partial charge in [-0.05, 0) is 12.1 Å². The van der Waals surface area contributed by atoms with E-state index in [0.717, 1.165) is 0 Å². The molecule has 0 saturated carbocycles. The molecule has 0 aromatic carbocycles. The van der Waals surface area contributed by atoms with Gasteiger partial charge in [-0.2, -0.15) is 0 Å². The van der Waals surface area contributed by atoms with E-state index in [9.17, 15) is 4.79 Å². The standard InChI is InChI=1S/C9H6N2O2S/c12-9(13)6-5-8(14)11-4-2-1-3-7(11)10-6/h1-5H,(H,12,13). The van der Waals surface area contributed by atoms with E-state index in [2.05, 4.69) is 4.98 Å². The summed E-state index contributed by atoms with van der Waals surface area (Å²) >= 11 is 5.02. The van der Waals surface area contributed by atoms with Gasteiger partial charge in [0.2, 0.25) is 0 Å². The molecule has 0 aliphatic heterocycles. The number of pyridine rings is 1. The van der Waals surface area contributed by atoms with Crippen LogP contribution in [0.2, 0.25) is 0 Å². The smallest absolute Gasteiger partial charge is 0.354 e. The molecule has 0 unspecified atom stereocenters. The third-order valence-corrected chi connectivity index (χ3v) is 2.10. The molecule has 0 aliphatic carbocycles. The van der Waals surface area contributed by atoms with Crippen molar-refractivity contribution in [3.8, 4) is 0 Å². The van der Waals surface area contributed by atoms with Crippen LogP contribution < -0.4 is 0 Å². The fourth-order valence-electron chi connectivity index (χ4n) is 1.16. The average Bonchev–Trinajstić information content (AvgIpc) is 2.17. The normalized spacial score (nSPS) is 10.3. The lowest BCUT2D eigenvalue weighted by Gasteiger charge is -2.00. The molecule has 4 nitrogen and oxygen atoms in total. The Kier molecular flexibility index (Phi) is 2.01. The van der Waals surface area contributed by atoms with Gasteiger partial charge < -0.3 is 5.11 Å². The molecule has 0 spiro atoms. The maximum Gasteiger partial charge on any atom is 0.354 e. The van der Waals surface area contributed by atoms with Crippen LogP contribution >= 0.6 is 12.2 Å². The summed E-state index contributed by atoms with van der Waals surface area (Å²) in [6.07, 6.45) is 1.75. The summed E-state index contributed by atoms with van der Waals surface area (Å²) in [6.45, 7) is 0. The van der Waals surface area contributed by atoms with E-state index in [1.54, 1.807) is 22.7 Å². The number of hydrogen-bond acceptors (Lipinski definition) is 3. The van der Waals surface area contributed by atoms with Crippen LogP contribution in [-0.4, -0.2) is 20.5 Å². The zero-order valence-electron chi connectivity index (χ0n) is 7.04. The summed E-state index contributed by atoms with van der Waals surface area (Å²) in [5, 5.41) is 8.75. The van der Waals surface area contributed by atoms with E-state index < -0.39 is 5.97 Å². The number of carboxylic acid groups (broad SMARTS) is 1. The average molecular weight is 206 g/mol. The first kappa shape index (κ1) is 8.83. The molecule has 0 atom stereocenters. The number of aromatic carboxylic acids is 1. The fourth-order valence-corrected chi connectivity index (χ4v) is 1.43. The number of aromatic nitrogens is 2. The van der Waals surface area contributed by atoms with Crippen LogP contribution in [0.15, 0.2) is 30.5 Å². The Morgan fingerprint density at radius 2 is 2.29 bits per heavy atom. The number of carboxylic acids is 1. The lowest BCUT2D eigenvalue weighted by molar-refractivity contribution is 0.0690. The van der Waals surface area contributed by atoms with Crippen molar-refractivity contribution in [2.45, 2.75) is 0 Å². The summed E-state index contributed by atoms with van der Waals surface area (Å²) < 4.78 is 2.09. The topological polar surface area (TPSA) is 54.6 Å². The molecule has 0 radical (unpaired) electrons. The van der Waals surface area contributed by atoms with Crippen LogP contribution in [0.4, 0.5) is 0 Å². The number of fused-ring (bicyclic) bond motifs is 1. The van der Waals surface area contributed by atoms with Gasteiger partial charge in [-0.25, -0.2) is 9.78 Å².